The van der Waals surface area contributed by atoms with Crippen molar-refractivity contribution in [3.05, 3.63) is 65.9 Å². The number of carbonyl (C=O) groups is 1. The summed E-state index contributed by atoms with van der Waals surface area (Å²) < 4.78 is 4.70. The van der Waals surface area contributed by atoms with Crippen LogP contribution < -0.4 is 5.73 Å². The Kier molecular flexibility index (Phi) is 4.24. The summed E-state index contributed by atoms with van der Waals surface area (Å²) in [5, 5.41) is 0. The molecule has 120 valence electrons. The lowest BCUT2D eigenvalue weighted by Gasteiger charge is -2.08. The van der Waals surface area contributed by atoms with Crippen molar-refractivity contribution in [2.24, 2.45) is 0 Å². The maximum absolute atomic E-state index is 11.5. The number of anilines is 1. The molecule has 2 N–H and O–H groups in total. The van der Waals surface area contributed by atoms with Gasteiger partial charge in [0.15, 0.2) is 0 Å². The summed E-state index contributed by atoms with van der Waals surface area (Å²) >= 11 is 0. The average Bonchev–Trinajstić information content (AvgIpc) is 2.62. The zero-order valence-corrected chi connectivity index (χ0v) is 13.5. The van der Waals surface area contributed by atoms with E-state index in [1.54, 1.807) is 18.3 Å². The van der Waals surface area contributed by atoms with Gasteiger partial charge in [-0.25, -0.2) is 14.8 Å². The number of methoxy groups -OCH3 is 1. The quantitative estimate of drug-likeness (QED) is 0.748. The highest BCUT2D eigenvalue weighted by atomic mass is 16.5. The minimum absolute atomic E-state index is 0.370. The molecule has 3 rings (SSSR count). The molecular formula is C19H17N3O2. The van der Waals surface area contributed by atoms with Gasteiger partial charge < -0.3 is 10.5 Å². The van der Waals surface area contributed by atoms with Gasteiger partial charge in [0.25, 0.3) is 0 Å². The molecule has 1 aromatic heterocycles. The number of nitrogens with two attached hydrogens (primary N) is 1. The average molecular weight is 319 g/mol. The molecule has 5 nitrogen and oxygen atoms in total. The lowest BCUT2D eigenvalue weighted by Crippen LogP contribution is -2.01. The Hall–Kier alpha value is -3.21. The zero-order valence-electron chi connectivity index (χ0n) is 13.5. The third kappa shape index (κ3) is 3.10. The Bertz CT molecular complexity index is 872. The first kappa shape index (κ1) is 15.7. The Labute approximate surface area is 140 Å². The number of nitrogen functional groups attached to an aromatic ring is 1. The molecule has 2 aromatic carbocycles. The number of rotatable bonds is 3. The van der Waals surface area contributed by atoms with Gasteiger partial charge >= 0.3 is 5.97 Å². The molecule has 0 fully saturated rings. The van der Waals surface area contributed by atoms with Crippen molar-refractivity contribution in [3.8, 4) is 22.5 Å². The van der Waals surface area contributed by atoms with Crippen molar-refractivity contribution >= 4 is 11.8 Å². The SMILES string of the molecule is COC(=O)c1ccc(-c2cnc(N)c(-c3ccc(C)cc3)n2)cc1. The van der Waals surface area contributed by atoms with E-state index in [0.29, 0.717) is 22.8 Å². The van der Waals surface area contributed by atoms with E-state index in [9.17, 15) is 4.79 Å². The van der Waals surface area contributed by atoms with Crippen LogP contribution in [0.3, 0.4) is 0 Å². The first-order valence-electron chi connectivity index (χ1n) is 7.47. The number of aryl methyl sites for hydroxylation is 1. The number of hydrogen-bond acceptors (Lipinski definition) is 5. The number of esters is 1. The highest BCUT2D eigenvalue weighted by Gasteiger charge is 2.10. The van der Waals surface area contributed by atoms with E-state index in [-0.39, 0.29) is 5.97 Å². The van der Waals surface area contributed by atoms with Gasteiger partial charge in [0.05, 0.1) is 24.6 Å². The molecule has 0 aliphatic heterocycles. The van der Waals surface area contributed by atoms with Crippen molar-refractivity contribution in [1.82, 2.24) is 9.97 Å². The van der Waals surface area contributed by atoms with E-state index in [1.165, 1.54) is 12.7 Å². The number of hydrogen-bond donors (Lipinski definition) is 1. The van der Waals surface area contributed by atoms with E-state index in [0.717, 1.165) is 11.1 Å². The first-order valence-corrected chi connectivity index (χ1v) is 7.47. The lowest BCUT2D eigenvalue weighted by molar-refractivity contribution is 0.0601. The van der Waals surface area contributed by atoms with E-state index < -0.39 is 0 Å². The number of nitrogens with zero attached hydrogens (tertiary/aromatic N) is 2. The van der Waals surface area contributed by atoms with Crippen LogP contribution in [-0.2, 0) is 4.74 Å². The van der Waals surface area contributed by atoms with Crippen molar-refractivity contribution in [1.29, 1.82) is 0 Å². The summed E-state index contributed by atoms with van der Waals surface area (Å²) in [6.45, 7) is 2.03. The smallest absolute Gasteiger partial charge is 0.337 e. The van der Waals surface area contributed by atoms with Crippen LogP contribution in [0, 0.1) is 6.92 Å². The summed E-state index contributed by atoms with van der Waals surface area (Å²) in [6.07, 6.45) is 1.63. The van der Waals surface area contributed by atoms with E-state index in [2.05, 4.69) is 9.97 Å². The number of carbonyl (C=O) groups excluding carboxylic acids is 1. The van der Waals surface area contributed by atoms with E-state index >= 15 is 0 Å². The van der Waals surface area contributed by atoms with E-state index in [4.69, 9.17) is 10.5 Å². The van der Waals surface area contributed by atoms with Crippen LogP contribution in [-0.4, -0.2) is 23.0 Å². The third-order valence-corrected chi connectivity index (χ3v) is 3.73. The molecule has 0 amide bonds. The first-order chi connectivity index (χ1) is 11.6. The number of ether oxygens (including phenoxy) is 1. The van der Waals surface area contributed by atoms with Crippen LogP contribution in [0.4, 0.5) is 5.82 Å². The van der Waals surface area contributed by atoms with Crippen LogP contribution in [0.15, 0.2) is 54.7 Å². The molecular weight excluding hydrogens is 302 g/mol. The minimum atomic E-state index is -0.370. The third-order valence-electron chi connectivity index (χ3n) is 3.73. The Morgan fingerprint density at radius 1 is 1.00 bits per heavy atom. The molecule has 0 radical (unpaired) electrons. The zero-order chi connectivity index (χ0) is 17.1. The fourth-order valence-corrected chi connectivity index (χ4v) is 2.36. The summed E-state index contributed by atoms with van der Waals surface area (Å²) in [5.41, 5.74) is 10.7. The molecule has 0 unspecified atom stereocenters. The van der Waals surface area contributed by atoms with Gasteiger partial charge in [0, 0.05) is 11.1 Å². The van der Waals surface area contributed by atoms with Gasteiger partial charge in [-0.3, -0.25) is 0 Å². The second kappa shape index (κ2) is 6.50. The highest BCUT2D eigenvalue weighted by Crippen LogP contribution is 2.26. The maximum Gasteiger partial charge on any atom is 0.337 e. The summed E-state index contributed by atoms with van der Waals surface area (Å²) in [5.74, 6) is 0.0130. The summed E-state index contributed by atoms with van der Waals surface area (Å²) in [6, 6.07) is 15.0. The molecule has 0 saturated carbocycles. The van der Waals surface area contributed by atoms with Crippen LogP contribution in [0.2, 0.25) is 0 Å². The molecule has 0 aliphatic rings. The normalized spacial score (nSPS) is 10.4. The topological polar surface area (TPSA) is 78.1 Å². The van der Waals surface area contributed by atoms with Crippen LogP contribution in [0.1, 0.15) is 15.9 Å². The van der Waals surface area contributed by atoms with Crippen molar-refractivity contribution in [2.45, 2.75) is 6.92 Å². The summed E-state index contributed by atoms with van der Waals surface area (Å²) in [4.78, 5) is 20.4. The van der Waals surface area contributed by atoms with Gasteiger partial charge in [-0.05, 0) is 19.1 Å². The van der Waals surface area contributed by atoms with Gasteiger partial charge in [-0.2, -0.15) is 0 Å². The van der Waals surface area contributed by atoms with Gasteiger partial charge in [0.2, 0.25) is 0 Å². The number of aromatic nitrogens is 2. The van der Waals surface area contributed by atoms with Crippen molar-refractivity contribution in [3.63, 3.8) is 0 Å². The second-order valence-corrected chi connectivity index (χ2v) is 5.42. The lowest BCUT2D eigenvalue weighted by atomic mass is 10.1. The Balaban J connectivity index is 1.99. The van der Waals surface area contributed by atoms with E-state index in [1.807, 2.05) is 43.3 Å². The maximum atomic E-state index is 11.5. The fraction of sp³-hybridized carbons (Fsp3) is 0.105. The molecule has 0 saturated heterocycles. The molecule has 0 atom stereocenters. The van der Waals surface area contributed by atoms with Crippen molar-refractivity contribution in [2.75, 3.05) is 12.8 Å². The molecule has 0 bridgehead atoms. The van der Waals surface area contributed by atoms with Crippen LogP contribution >= 0.6 is 0 Å². The highest BCUT2D eigenvalue weighted by molar-refractivity contribution is 5.89. The van der Waals surface area contributed by atoms with Gasteiger partial charge in [-0.1, -0.05) is 42.0 Å². The molecule has 0 spiro atoms. The Morgan fingerprint density at radius 2 is 1.62 bits per heavy atom. The minimum Gasteiger partial charge on any atom is -0.465 e. The Morgan fingerprint density at radius 3 is 2.25 bits per heavy atom. The molecule has 24 heavy (non-hydrogen) atoms. The predicted octanol–water partition coefficient (Wildman–Crippen LogP) is 3.49. The second-order valence-electron chi connectivity index (χ2n) is 5.42. The monoisotopic (exact) mass is 319 g/mol. The predicted molar refractivity (Wildman–Crippen MR) is 93.4 cm³/mol. The van der Waals surface area contributed by atoms with Gasteiger partial charge in [0.1, 0.15) is 11.5 Å². The standard InChI is InChI=1S/C19H17N3O2/c1-12-3-5-14(6-4-12)17-18(20)21-11-16(22-17)13-7-9-15(10-8-13)19(23)24-2/h3-11H,1-2H3,(H2,20,21). The van der Waals surface area contributed by atoms with Crippen LogP contribution in [0.5, 0.6) is 0 Å². The van der Waals surface area contributed by atoms with Crippen LogP contribution in [0.25, 0.3) is 22.5 Å². The molecule has 1 heterocycles. The van der Waals surface area contributed by atoms with Crippen molar-refractivity contribution < 1.29 is 9.53 Å². The fourth-order valence-electron chi connectivity index (χ4n) is 2.36. The largest absolute Gasteiger partial charge is 0.465 e. The summed E-state index contributed by atoms with van der Waals surface area (Å²) in [7, 11) is 1.36. The number of benzene rings is 2. The van der Waals surface area contributed by atoms with Gasteiger partial charge in [-0.15, -0.1) is 0 Å². The molecule has 5 heteroatoms. The molecule has 3 aromatic rings. The molecule has 0 aliphatic carbocycles.